The fourth-order valence-electron chi connectivity index (χ4n) is 2.66. The lowest BCUT2D eigenvalue weighted by molar-refractivity contribution is -0.384. The van der Waals surface area contributed by atoms with Crippen molar-refractivity contribution in [2.45, 2.75) is 31.2 Å². The van der Waals surface area contributed by atoms with Gasteiger partial charge in [0.1, 0.15) is 11.3 Å². The normalized spacial score (nSPS) is 25.1. The van der Waals surface area contributed by atoms with Crippen molar-refractivity contribution in [3.8, 4) is 11.8 Å². The molecule has 0 heterocycles. The van der Waals surface area contributed by atoms with Crippen molar-refractivity contribution >= 4 is 5.69 Å². The Morgan fingerprint density at radius 1 is 1.60 bits per heavy atom. The van der Waals surface area contributed by atoms with Crippen LogP contribution >= 0.6 is 0 Å². The topological polar surface area (TPSA) is 102 Å². The number of hydrogen-bond donors (Lipinski definition) is 1. The molecule has 1 aromatic rings. The highest BCUT2D eigenvalue weighted by Crippen LogP contribution is 2.35. The van der Waals surface area contributed by atoms with Crippen LogP contribution in [0.5, 0.6) is 5.75 Å². The maximum Gasteiger partial charge on any atom is 0.273 e. The summed E-state index contributed by atoms with van der Waals surface area (Å²) < 4.78 is 5.53. The molecule has 106 valence electrons. The van der Waals surface area contributed by atoms with E-state index in [0.717, 1.165) is 19.3 Å². The number of benzene rings is 1. The van der Waals surface area contributed by atoms with Gasteiger partial charge in [-0.2, -0.15) is 5.26 Å². The van der Waals surface area contributed by atoms with Crippen LogP contribution in [0.25, 0.3) is 0 Å². The van der Waals surface area contributed by atoms with Crippen molar-refractivity contribution in [1.29, 1.82) is 5.26 Å². The van der Waals surface area contributed by atoms with Crippen LogP contribution in [0, 0.1) is 27.4 Å². The van der Waals surface area contributed by atoms with Crippen molar-refractivity contribution in [2.75, 3.05) is 6.61 Å². The largest absolute Gasteiger partial charge is 0.493 e. The summed E-state index contributed by atoms with van der Waals surface area (Å²) in [5.41, 5.74) is 5.30. The van der Waals surface area contributed by atoms with E-state index in [1.165, 1.54) is 12.1 Å². The van der Waals surface area contributed by atoms with E-state index in [1.807, 2.05) is 0 Å². The second-order valence-electron chi connectivity index (χ2n) is 5.13. The summed E-state index contributed by atoms with van der Waals surface area (Å²) >= 11 is 0. The van der Waals surface area contributed by atoms with Gasteiger partial charge in [0.2, 0.25) is 0 Å². The molecular formula is C14H17N3O3. The number of nitriles is 1. The van der Waals surface area contributed by atoms with Gasteiger partial charge in [-0.1, -0.05) is 12.5 Å². The van der Waals surface area contributed by atoms with E-state index in [1.54, 1.807) is 12.1 Å². The third-order valence-corrected chi connectivity index (χ3v) is 3.84. The lowest BCUT2D eigenvalue weighted by Crippen LogP contribution is -2.42. The van der Waals surface area contributed by atoms with Gasteiger partial charge < -0.3 is 10.5 Å². The van der Waals surface area contributed by atoms with Crippen LogP contribution < -0.4 is 10.5 Å². The average molecular weight is 275 g/mol. The molecule has 1 fully saturated rings. The average Bonchev–Trinajstić information content (AvgIpc) is 2.81. The van der Waals surface area contributed by atoms with Gasteiger partial charge in [-0.05, 0) is 31.2 Å². The van der Waals surface area contributed by atoms with E-state index < -0.39 is 10.5 Å². The number of rotatable bonds is 5. The van der Waals surface area contributed by atoms with Gasteiger partial charge in [0.15, 0.2) is 0 Å². The van der Waals surface area contributed by atoms with Gasteiger partial charge in [-0.3, -0.25) is 10.1 Å². The monoisotopic (exact) mass is 275 g/mol. The molecule has 1 aliphatic rings. The first-order valence-electron chi connectivity index (χ1n) is 6.62. The number of hydrogen-bond acceptors (Lipinski definition) is 5. The van der Waals surface area contributed by atoms with Gasteiger partial charge in [-0.25, -0.2) is 0 Å². The lowest BCUT2D eigenvalue weighted by Gasteiger charge is -2.23. The Morgan fingerprint density at radius 3 is 3.10 bits per heavy atom. The second kappa shape index (κ2) is 5.88. The predicted molar refractivity (Wildman–Crippen MR) is 73.1 cm³/mol. The van der Waals surface area contributed by atoms with Crippen LogP contribution in [0.2, 0.25) is 0 Å². The zero-order valence-corrected chi connectivity index (χ0v) is 11.1. The third kappa shape index (κ3) is 3.06. The van der Waals surface area contributed by atoms with Gasteiger partial charge in [0.05, 0.1) is 23.7 Å². The van der Waals surface area contributed by atoms with Crippen LogP contribution in [0.3, 0.4) is 0 Å². The molecule has 0 bridgehead atoms. The van der Waals surface area contributed by atoms with Crippen LogP contribution in [-0.4, -0.2) is 17.1 Å². The molecule has 20 heavy (non-hydrogen) atoms. The van der Waals surface area contributed by atoms with E-state index in [-0.39, 0.29) is 11.6 Å². The Kier molecular flexibility index (Phi) is 4.20. The van der Waals surface area contributed by atoms with Crippen molar-refractivity contribution in [3.63, 3.8) is 0 Å². The molecule has 2 atom stereocenters. The predicted octanol–water partition coefficient (Wildman–Crippen LogP) is 2.38. The third-order valence-electron chi connectivity index (χ3n) is 3.84. The Balaban J connectivity index is 1.89. The van der Waals surface area contributed by atoms with Crippen LogP contribution in [0.1, 0.15) is 25.7 Å². The molecule has 2 rings (SSSR count). The van der Waals surface area contributed by atoms with Gasteiger partial charge >= 0.3 is 0 Å². The van der Waals surface area contributed by atoms with Gasteiger partial charge in [0, 0.05) is 6.07 Å². The molecule has 1 saturated carbocycles. The second-order valence-corrected chi connectivity index (χ2v) is 5.13. The number of nitro benzene ring substituents is 1. The van der Waals surface area contributed by atoms with E-state index in [9.17, 15) is 10.1 Å². The Bertz CT molecular complexity index is 541. The van der Waals surface area contributed by atoms with Crippen molar-refractivity contribution in [2.24, 2.45) is 11.7 Å². The molecule has 6 nitrogen and oxygen atoms in total. The maximum atomic E-state index is 10.7. The Morgan fingerprint density at radius 2 is 2.40 bits per heavy atom. The van der Waals surface area contributed by atoms with Gasteiger partial charge in [0.25, 0.3) is 5.69 Å². The Hall–Kier alpha value is -2.13. The molecular weight excluding hydrogens is 258 g/mol. The molecule has 0 spiro atoms. The minimum Gasteiger partial charge on any atom is -0.493 e. The number of nitrogens with two attached hydrogens (primary N) is 1. The lowest BCUT2D eigenvalue weighted by atomic mass is 9.87. The van der Waals surface area contributed by atoms with E-state index in [4.69, 9.17) is 15.7 Å². The molecule has 2 unspecified atom stereocenters. The van der Waals surface area contributed by atoms with Crippen molar-refractivity contribution in [3.05, 3.63) is 34.4 Å². The number of nitrogens with zero attached hydrogens (tertiary/aromatic N) is 2. The molecule has 1 aromatic carbocycles. The highest BCUT2D eigenvalue weighted by atomic mass is 16.6. The molecule has 0 aliphatic heterocycles. The highest BCUT2D eigenvalue weighted by Gasteiger charge is 2.39. The van der Waals surface area contributed by atoms with E-state index >= 15 is 0 Å². The number of nitro groups is 1. The molecule has 0 aromatic heterocycles. The van der Waals surface area contributed by atoms with E-state index in [2.05, 4.69) is 6.07 Å². The minimum absolute atomic E-state index is 0.00793. The minimum atomic E-state index is -0.744. The van der Waals surface area contributed by atoms with Crippen LogP contribution in [-0.2, 0) is 0 Å². The molecule has 1 aliphatic carbocycles. The molecule has 0 saturated heterocycles. The summed E-state index contributed by atoms with van der Waals surface area (Å²) in [7, 11) is 0. The van der Waals surface area contributed by atoms with Gasteiger partial charge in [-0.15, -0.1) is 0 Å². The Labute approximate surface area is 117 Å². The summed E-state index contributed by atoms with van der Waals surface area (Å²) in [6, 6.07) is 8.29. The van der Waals surface area contributed by atoms with Crippen molar-refractivity contribution in [1.82, 2.24) is 0 Å². The van der Waals surface area contributed by atoms with Crippen LogP contribution in [0.4, 0.5) is 5.69 Å². The van der Waals surface area contributed by atoms with Crippen LogP contribution in [0.15, 0.2) is 24.3 Å². The highest BCUT2D eigenvalue weighted by molar-refractivity contribution is 5.37. The summed E-state index contributed by atoms with van der Waals surface area (Å²) in [6.45, 7) is 0.409. The smallest absolute Gasteiger partial charge is 0.273 e. The van der Waals surface area contributed by atoms with Crippen molar-refractivity contribution < 1.29 is 9.66 Å². The molecule has 6 heteroatoms. The SMILES string of the molecule is N#CC1(N)CCCC1CCOc1cccc([N+](=O)[O-])c1. The number of ether oxygens (including phenoxy) is 1. The zero-order chi connectivity index (χ0) is 14.6. The molecule has 2 N–H and O–H groups in total. The molecule has 0 radical (unpaired) electrons. The first-order valence-corrected chi connectivity index (χ1v) is 6.62. The summed E-state index contributed by atoms with van der Waals surface area (Å²) in [4.78, 5) is 10.2. The summed E-state index contributed by atoms with van der Waals surface area (Å²) in [5.74, 6) is 0.600. The first kappa shape index (κ1) is 14.3. The number of non-ortho nitro benzene ring substituents is 1. The first-order chi connectivity index (χ1) is 9.55. The maximum absolute atomic E-state index is 10.7. The molecule has 0 amide bonds. The standard InChI is InChI=1S/C14H17N3O3/c15-10-14(16)7-2-3-11(14)6-8-20-13-5-1-4-12(9-13)17(18)19/h1,4-5,9,11H,2-3,6-8,16H2. The fraction of sp³-hybridized carbons (Fsp3) is 0.500. The summed E-state index contributed by atoms with van der Waals surface area (Å²) in [6.07, 6.45) is 3.31. The zero-order valence-electron chi connectivity index (χ0n) is 11.1. The summed E-state index contributed by atoms with van der Waals surface area (Å²) in [5, 5.41) is 19.8. The van der Waals surface area contributed by atoms with E-state index in [0.29, 0.717) is 18.8 Å². The fourth-order valence-corrected chi connectivity index (χ4v) is 2.66. The quantitative estimate of drug-likeness (QED) is 0.656.